The molecule has 1 heterocycles. The Morgan fingerprint density at radius 3 is 2.67 bits per heavy atom. The molecule has 1 aromatic rings. The molecule has 1 rings (SSSR count). The summed E-state index contributed by atoms with van der Waals surface area (Å²) in [6, 6.07) is -0.659. The lowest BCUT2D eigenvalue weighted by Crippen LogP contribution is -2.47. The quantitative estimate of drug-likeness (QED) is 0.797. The Labute approximate surface area is 137 Å². The molecular formula is C13H20BrN3O3S. The molecule has 2 amide bonds. The molecule has 0 aliphatic rings. The van der Waals surface area contributed by atoms with Gasteiger partial charge in [0.05, 0.1) is 16.1 Å². The first-order valence-corrected chi connectivity index (χ1v) is 8.22. The third-order valence-electron chi connectivity index (χ3n) is 2.35. The molecule has 0 aliphatic heterocycles. The van der Waals surface area contributed by atoms with Crippen LogP contribution >= 0.6 is 27.5 Å². The fourth-order valence-corrected chi connectivity index (χ4v) is 2.68. The molecule has 0 spiro atoms. The van der Waals surface area contributed by atoms with Crippen LogP contribution in [0.2, 0.25) is 0 Å². The molecule has 1 unspecified atom stereocenters. The fourth-order valence-electron chi connectivity index (χ4n) is 1.54. The number of halogens is 1. The third-order valence-corrected chi connectivity index (χ3v) is 4.02. The van der Waals surface area contributed by atoms with Gasteiger partial charge in [-0.3, -0.25) is 4.79 Å². The van der Waals surface area contributed by atoms with Crippen LogP contribution < -0.4 is 9.24 Å². The number of hydrogen-bond donors (Lipinski definition) is 1. The van der Waals surface area contributed by atoms with Crippen molar-refractivity contribution in [2.45, 2.75) is 52.2 Å². The molecule has 118 valence electrons. The first-order chi connectivity index (χ1) is 9.74. The number of ether oxygens (including phenoxy) is 1. The summed E-state index contributed by atoms with van der Waals surface area (Å²) >= 11 is 4.52. The number of carbonyl (C=O) groups is 2. The normalized spacial score (nSPS) is 12.6. The van der Waals surface area contributed by atoms with Crippen molar-refractivity contribution in [3.05, 3.63) is 11.6 Å². The van der Waals surface area contributed by atoms with Crippen LogP contribution in [0, 0.1) is 0 Å². The van der Waals surface area contributed by atoms with E-state index in [4.69, 9.17) is 4.74 Å². The minimum atomic E-state index is -0.659. The second kappa shape index (κ2) is 7.74. The van der Waals surface area contributed by atoms with Crippen molar-refractivity contribution in [2.24, 2.45) is 0 Å². The van der Waals surface area contributed by atoms with Crippen molar-refractivity contribution in [2.75, 3.05) is 3.93 Å². The standard InChI is InChI=1S/C13H20BrN3O3S/c1-5-6-9(16-12(19)20-13(2,3)4)10(18)17(14)11-15-7-8-21-11/h7-9H,5-6H2,1-4H3,(H,16,19). The highest BCUT2D eigenvalue weighted by Crippen LogP contribution is 2.22. The van der Waals surface area contributed by atoms with E-state index in [-0.39, 0.29) is 5.91 Å². The molecule has 1 atom stereocenters. The van der Waals surface area contributed by atoms with Crippen LogP contribution in [0.3, 0.4) is 0 Å². The molecule has 6 nitrogen and oxygen atoms in total. The van der Waals surface area contributed by atoms with Crippen molar-refractivity contribution < 1.29 is 14.3 Å². The molecule has 0 aromatic carbocycles. The number of amides is 2. The van der Waals surface area contributed by atoms with E-state index in [1.165, 1.54) is 15.3 Å². The molecule has 21 heavy (non-hydrogen) atoms. The fraction of sp³-hybridized carbons (Fsp3) is 0.615. The van der Waals surface area contributed by atoms with Gasteiger partial charge in [0.2, 0.25) is 5.13 Å². The number of alkyl carbamates (subject to hydrolysis) is 1. The average molecular weight is 378 g/mol. The van der Waals surface area contributed by atoms with Gasteiger partial charge in [0.15, 0.2) is 0 Å². The van der Waals surface area contributed by atoms with E-state index < -0.39 is 17.7 Å². The zero-order valence-corrected chi connectivity index (χ0v) is 15.0. The number of aromatic nitrogens is 1. The molecule has 1 N–H and O–H groups in total. The second-order valence-corrected chi connectivity index (χ2v) is 7.00. The maximum Gasteiger partial charge on any atom is 0.408 e. The van der Waals surface area contributed by atoms with Crippen LogP contribution in [0.5, 0.6) is 0 Å². The summed E-state index contributed by atoms with van der Waals surface area (Å²) in [7, 11) is 0. The molecule has 0 bridgehead atoms. The van der Waals surface area contributed by atoms with Gasteiger partial charge >= 0.3 is 6.09 Å². The van der Waals surface area contributed by atoms with Crippen molar-refractivity contribution in [1.29, 1.82) is 0 Å². The summed E-state index contributed by atoms with van der Waals surface area (Å²) in [4.78, 5) is 28.3. The Bertz CT molecular complexity index is 474. The number of nitrogens with one attached hydrogen (secondary N) is 1. The monoisotopic (exact) mass is 377 g/mol. The van der Waals surface area contributed by atoms with E-state index in [0.29, 0.717) is 11.6 Å². The maximum absolute atomic E-state index is 12.4. The number of rotatable bonds is 5. The topological polar surface area (TPSA) is 71.5 Å². The Morgan fingerprint density at radius 1 is 1.52 bits per heavy atom. The summed E-state index contributed by atoms with van der Waals surface area (Å²) < 4.78 is 6.46. The van der Waals surface area contributed by atoms with Gasteiger partial charge in [-0.25, -0.2) is 13.7 Å². The Hall–Kier alpha value is -1.15. The smallest absolute Gasteiger partial charge is 0.408 e. The van der Waals surface area contributed by atoms with Gasteiger partial charge in [0.25, 0.3) is 5.91 Å². The van der Waals surface area contributed by atoms with E-state index in [0.717, 1.165) is 6.42 Å². The van der Waals surface area contributed by atoms with Crippen molar-refractivity contribution in [3.8, 4) is 0 Å². The first-order valence-electron chi connectivity index (χ1n) is 6.63. The van der Waals surface area contributed by atoms with Crippen LogP contribution in [0.15, 0.2) is 11.6 Å². The Balaban J connectivity index is 2.72. The summed E-state index contributed by atoms with van der Waals surface area (Å²) in [6.07, 6.45) is 2.28. The predicted octanol–water partition coefficient (Wildman–Crippen LogP) is 3.48. The minimum Gasteiger partial charge on any atom is -0.444 e. The van der Waals surface area contributed by atoms with E-state index in [9.17, 15) is 9.59 Å². The highest BCUT2D eigenvalue weighted by Gasteiger charge is 2.28. The number of anilines is 1. The summed E-state index contributed by atoms with van der Waals surface area (Å²) in [6.45, 7) is 7.26. The van der Waals surface area contributed by atoms with E-state index in [2.05, 4.69) is 26.4 Å². The molecular weight excluding hydrogens is 358 g/mol. The average Bonchev–Trinajstić information content (AvgIpc) is 2.88. The lowest BCUT2D eigenvalue weighted by atomic mass is 10.1. The van der Waals surface area contributed by atoms with Crippen molar-refractivity contribution in [3.63, 3.8) is 0 Å². The van der Waals surface area contributed by atoms with Gasteiger partial charge in [0, 0.05) is 11.6 Å². The lowest BCUT2D eigenvalue weighted by molar-refractivity contribution is -0.119. The largest absolute Gasteiger partial charge is 0.444 e. The zero-order valence-electron chi connectivity index (χ0n) is 12.6. The predicted molar refractivity (Wildman–Crippen MR) is 86.6 cm³/mol. The summed E-state index contributed by atoms with van der Waals surface area (Å²) in [5.41, 5.74) is -0.604. The van der Waals surface area contributed by atoms with Crippen LogP contribution in [0.25, 0.3) is 0 Å². The molecule has 0 aliphatic carbocycles. The first kappa shape index (κ1) is 17.9. The van der Waals surface area contributed by atoms with Crippen LogP contribution in [-0.4, -0.2) is 28.6 Å². The molecule has 0 saturated carbocycles. The zero-order chi connectivity index (χ0) is 16.0. The lowest BCUT2D eigenvalue weighted by Gasteiger charge is -2.24. The van der Waals surface area contributed by atoms with Gasteiger partial charge in [-0.1, -0.05) is 13.3 Å². The molecule has 8 heteroatoms. The van der Waals surface area contributed by atoms with Gasteiger partial charge < -0.3 is 10.1 Å². The van der Waals surface area contributed by atoms with Gasteiger partial charge in [-0.15, -0.1) is 11.3 Å². The van der Waals surface area contributed by atoms with Crippen LogP contribution in [-0.2, 0) is 9.53 Å². The molecule has 0 radical (unpaired) electrons. The minimum absolute atomic E-state index is 0.280. The Kier molecular flexibility index (Phi) is 6.60. The van der Waals surface area contributed by atoms with Gasteiger partial charge in [-0.05, 0) is 27.2 Å². The van der Waals surface area contributed by atoms with Gasteiger partial charge in [0.1, 0.15) is 11.6 Å². The SMILES string of the molecule is CCCC(NC(=O)OC(C)(C)C)C(=O)N(Br)c1nccs1. The van der Waals surface area contributed by atoms with E-state index in [1.807, 2.05) is 6.92 Å². The Morgan fingerprint density at radius 2 is 2.19 bits per heavy atom. The number of hydrogen-bond acceptors (Lipinski definition) is 5. The summed E-state index contributed by atoms with van der Waals surface area (Å²) in [5, 5.41) is 4.90. The summed E-state index contributed by atoms with van der Waals surface area (Å²) in [5.74, 6) is -0.280. The van der Waals surface area contributed by atoms with E-state index >= 15 is 0 Å². The van der Waals surface area contributed by atoms with Crippen molar-refractivity contribution >= 4 is 44.6 Å². The van der Waals surface area contributed by atoms with Crippen LogP contribution in [0.4, 0.5) is 9.93 Å². The number of nitrogens with zero attached hydrogens (tertiary/aromatic N) is 2. The highest BCUT2D eigenvalue weighted by atomic mass is 79.9. The van der Waals surface area contributed by atoms with Crippen LogP contribution in [0.1, 0.15) is 40.5 Å². The third kappa shape index (κ3) is 6.01. The van der Waals surface area contributed by atoms with Crippen molar-refractivity contribution in [1.82, 2.24) is 10.3 Å². The number of carbonyl (C=O) groups excluding carboxylic acids is 2. The number of thiazole rings is 1. The second-order valence-electron chi connectivity index (χ2n) is 5.42. The molecule has 0 fully saturated rings. The molecule has 1 aromatic heterocycles. The van der Waals surface area contributed by atoms with E-state index in [1.54, 1.807) is 32.3 Å². The maximum atomic E-state index is 12.4. The van der Waals surface area contributed by atoms with Gasteiger partial charge in [-0.2, -0.15) is 0 Å². The molecule has 0 saturated heterocycles. The highest BCUT2D eigenvalue weighted by molar-refractivity contribution is 9.10.